The van der Waals surface area contributed by atoms with Crippen LogP contribution in [0.15, 0.2) is 10.5 Å². The molecule has 0 saturated carbocycles. The van der Waals surface area contributed by atoms with Crippen molar-refractivity contribution in [1.82, 2.24) is 0 Å². The van der Waals surface area contributed by atoms with Crippen molar-refractivity contribution in [2.45, 2.75) is 0 Å². The molecular weight excluding hydrogens is 305 g/mol. The van der Waals surface area contributed by atoms with Crippen molar-refractivity contribution in [3.8, 4) is 5.75 Å². The maximum atomic E-state index is 11.4. The van der Waals surface area contributed by atoms with E-state index in [-0.39, 0.29) is 12.5 Å². The van der Waals surface area contributed by atoms with Crippen LogP contribution >= 0.6 is 39.1 Å². The van der Waals surface area contributed by atoms with Gasteiger partial charge in [-0.1, -0.05) is 23.2 Å². The summed E-state index contributed by atoms with van der Waals surface area (Å²) < 4.78 is 5.88. The molecule has 0 spiro atoms. The number of ether oxygens (including phenoxy) is 1. The molecule has 15 heavy (non-hydrogen) atoms. The number of benzene rings is 1. The Morgan fingerprint density at radius 1 is 1.47 bits per heavy atom. The highest BCUT2D eigenvalue weighted by Gasteiger charge is 2.26. The quantitative estimate of drug-likeness (QED) is 0.689. The van der Waals surface area contributed by atoms with Crippen molar-refractivity contribution in [1.29, 1.82) is 0 Å². The maximum Gasteiger partial charge on any atom is 0.264 e. The summed E-state index contributed by atoms with van der Waals surface area (Å²) in [6.07, 6.45) is 0. The van der Waals surface area contributed by atoms with Crippen LogP contribution in [0.2, 0.25) is 10.0 Å². The zero-order valence-electron chi connectivity index (χ0n) is 7.68. The predicted octanol–water partition coefficient (Wildman–Crippen LogP) is 3.11. The Balaban J connectivity index is 2.66. The zero-order valence-corrected chi connectivity index (χ0v) is 10.8. The van der Waals surface area contributed by atoms with Crippen LogP contribution in [0.4, 0.5) is 5.69 Å². The Bertz CT molecular complexity index is 450. The first-order valence-corrected chi connectivity index (χ1v) is 5.64. The molecule has 0 radical (unpaired) electrons. The lowest BCUT2D eigenvalue weighted by Gasteiger charge is -2.27. The fourth-order valence-electron chi connectivity index (χ4n) is 1.32. The number of hydrogen-bond acceptors (Lipinski definition) is 2. The summed E-state index contributed by atoms with van der Waals surface area (Å²) in [5, 5.41) is 0.707. The molecule has 80 valence electrons. The highest BCUT2D eigenvalue weighted by molar-refractivity contribution is 9.10. The van der Waals surface area contributed by atoms with E-state index in [0.29, 0.717) is 26.0 Å². The van der Waals surface area contributed by atoms with Gasteiger partial charge in [0, 0.05) is 11.5 Å². The number of likely N-dealkylation sites (N-methyl/N-ethyl adjacent to an activating group) is 1. The number of anilines is 1. The van der Waals surface area contributed by atoms with Crippen LogP contribution in [0.5, 0.6) is 5.75 Å². The molecule has 6 heteroatoms. The monoisotopic (exact) mass is 309 g/mol. The van der Waals surface area contributed by atoms with Gasteiger partial charge in [0.1, 0.15) is 5.02 Å². The fourth-order valence-corrected chi connectivity index (χ4v) is 2.24. The second kappa shape index (κ2) is 3.85. The van der Waals surface area contributed by atoms with Crippen LogP contribution < -0.4 is 9.64 Å². The lowest BCUT2D eigenvalue weighted by atomic mass is 10.2. The van der Waals surface area contributed by atoms with Crippen LogP contribution in [0, 0.1) is 0 Å². The molecule has 2 rings (SSSR count). The predicted molar refractivity (Wildman–Crippen MR) is 63.1 cm³/mol. The van der Waals surface area contributed by atoms with Gasteiger partial charge in [-0.2, -0.15) is 0 Å². The van der Waals surface area contributed by atoms with Crippen molar-refractivity contribution in [3.05, 3.63) is 20.6 Å². The third kappa shape index (κ3) is 1.71. The largest absolute Gasteiger partial charge is 0.480 e. The summed E-state index contributed by atoms with van der Waals surface area (Å²) >= 11 is 15.2. The van der Waals surface area contributed by atoms with E-state index in [2.05, 4.69) is 15.9 Å². The Morgan fingerprint density at radius 3 is 2.80 bits per heavy atom. The number of fused-ring (bicyclic) bond motifs is 1. The van der Waals surface area contributed by atoms with E-state index in [1.54, 1.807) is 13.1 Å². The van der Waals surface area contributed by atoms with Gasteiger partial charge < -0.3 is 9.64 Å². The van der Waals surface area contributed by atoms with Gasteiger partial charge >= 0.3 is 0 Å². The third-order valence-electron chi connectivity index (χ3n) is 2.17. The van der Waals surface area contributed by atoms with Crippen LogP contribution in [0.3, 0.4) is 0 Å². The molecular formula is C9H6BrCl2NO2. The molecule has 1 aliphatic rings. The first-order chi connectivity index (χ1) is 7.02. The van der Waals surface area contributed by atoms with Gasteiger partial charge in [0.25, 0.3) is 5.91 Å². The number of nitrogens with zero attached hydrogens (tertiary/aromatic N) is 1. The summed E-state index contributed by atoms with van der Waals surface area (Å²) in [7, 11) is 1.67. The molecule has 1 amide bonds. The zero-order chi connectivity index (χ0) is 11.2. The molecule has 0 bridgehead atoms. The Morgan fingerprint density at radius 2 is 2.13 bits per heavy atom. The highest BCUT2D eigenvalue weighted by Crippen LogP contribution is 2.45. The number of carbonyl (C=O) groups is 1. The first-order valence-electron chi connectivity index (χ1n) is 4.09. The molecule has 0 N–H and O–H groups in total. The molecule has 1 aliphatic heterocycles. The molecule has 0 fully saturated rings. The summed E-state index contributed by atoms with van der Waals surface area (Å²) in [6.45, 7) is -0.0127. The van der Waals surface area contributed by atoms with Crippen LogP contribution in [0.1, 0.15) is 0 Å². The van der Waals surface area contributed by atoms with Gasteiger partial charge in [-0.3, -0.25) is 4.79 Å². The minimum Gasteiger partial charge on any atom is -0.480 e. The van der Waals surface area contributed by atoms with E-state index in [1.165, 1.54) is 4.90 Å². The van der Waals surface area contributed by atoms with Crippen LogP contribution in [-0.2, 0) is 4.79 Å². The van der Waals surface area contributed by atoms with Gasteiger partial charge in [0.2, 0.25) is 0 Å². The summed E-state index contributed by atoms with van der Waals surface area (Å²) in [5.74, 6) is 0.333. The number of halogens is 3. The lowest BCUT2D eigenvalue weighted by Crippen LogP contribution is -2.35. The van der Waals surface area contributed by atoms with Gasteiger partial charge in [-0.25, -0.2) is 0 Å². The smallest absolute Gasteiger partial charge is 0.264 e. The van der Waals surface area contributed by atoms with E-state index in [0.717, 1.165) is 0 Å². The normalized spacial score (nSPS) is 14.9. The van der Waals surface area contributed by atoms with E-state index < -0.39 is 0 Å². The SMILES string of the molecule is CN1C(=O)COc2c1cc(Br)c(Cl)c2Cl. The van der Waals surface area contributed by atoms with E-state index in [1.807, 2.05) is 0 Å². The molecule has 1 aromatic rings. The molecule has 0 saturated heterocycles. The van der Waals surface area contributed by atoms with E-state index >= 15 is 0 Å². The van der Waals surface area contributed by atoms with Crippen molar-refractivity contribution < 1.29 is 9.53 Å². The molecule has 3 nitrogen and oxygen atoms in total. The second-order valence-corrected chi connectivity index (χ2v) is 4.69. The molecule has 1 aromatic carbocycles. The molecule has 0 aromatic heterocycles. The topological polar surface area (TPSA) is 29.5 Å². The number of carbonyl (C=O) groups excluding carboxylic acids is 1. The van der Waals surface area contributed by atoms with Crippen molar-refractivity contribution in [2.24, 2.45) is 0 Å². The number of rotatable bonds is 0. The third-order valence-corrected chi connectivity index (χ3v) is 3.88. The average molecular weight is 311 g/mol. The Kier molecular flexibility index (Phi) is 2.83. The van der Waals surface area contributed by atoms with Crippen LogP contribution in [0.25, 0.3) is 0 Å². The minimum atomic E-state index is -0.118. The van der Waals surface area contributed by atoms with Gasteiger partial charge in [-0.05, 0) is 22.0 Å². The first kappa shape index (κ1) is 11.0. The highest BCUT2D eigenvalue weighted by atomic mass is 79.9. The number of amides is 1. The molecule has 0 unspecified atom stereocenters. The van der Waals surface area contributed by atoms with Crippen molar-refractivity contribution in [3.63, 3.8) is 0 Å². The van der Waals surface area contributed by atoms with Crippen molar-refractivity contribution in [2.75, 3.05) is 18.6 Å². The van der Waals surface area contributed by atoms with Gasteiger partial charge in [0.05, 0.1) is 10.7 Å². The van der Waals surface area contributed by atoms with Crippen LogP contribution in [-0.4, -0.2) is 19.6 Å². The number of hydrogen-bond donors (Lipinski definition) is 0. The van der Waals surface area contributed by atoms with Crippen molar-refractivity contribution >= 4 is 50.7 Å². The molecule has 1 heterocycles. The minimum absolute atomic E-state index is 0.0127. The average Bonchev–Trinajstić information content (AvgIpc) is 2.21. The second-order valence-electron chi connectivity index (χ2n) is 3.08. The fraction of sp³-hybridized carbons (Fsp3) is 0.222. The Labute approximate surface area is 105 Å². The van der Waals surface area contributed by atoms with E-state index in [4.69, 9.17) is 27.9 Å². The molecule has 0 atom stereocenters. The lowest BCUT2D eigenvalue weighted by molar-refractivity contribution is -0.120. The molecule has 0 aliphatic carbocycles. The summed E-state index contributed by atoms with van der Waals surface area (Å²) in [5.41, 5.74) is 0.618. The Hall–Kier alpha value is -0.450. The van der Waals surface area contributed by atoms with Gasteiger partial charge in [0.15, 0.2) is 12.4 Å². The standard InChI is InChI=1S/C9H6BrCl2NO2/c1-13-5-2-4(10)7(11)8(12)9(5)15-3-6(13)14/h2H,3H2,1H3. The summed E-state index contributed by atoms with van der Waals surface area (Å²) in [4.78, 5) is 12.9. The van der Waals surface area contributed by atoms with Gasteiger partial charge in [-0.15, -0.1) is 0 Å². The summed E-state index contributed by atoms with van der Waals surface area (Å²) in [6, 6.07) is 1.71. The van der Waals surface area contributed by atoms with E-state index in [9.17, 15) is 4.79 Å². The maximum absolute atomic E-state index is 11.4.